The Labute approximate surface area is 140 Å². The highest BCUT2D eigenvalue weighted by molar-refractivity contribution is 5.94. The lowest BCUT2D eigenvalue weighted by Crippen LogP contribution is -2.41. The average molecular weight is 325 g/mol. The second kappa shape index (κ2) is 7.97. The van der Waals surface area contributed by atoms with Crippen molar-refractivity contribution in [2.24, 2.45) is 0 Å². The molecule has 0 radical (unpaired) electrons. The largest absolute Gasteiger partial charge is 0.508 e. The third-order valence-electron chi connectivity index (χ3n) is 3.50. The summed E-state index contributed by atoms with van der Waals surface area (Å²) in [5.41, 5.74) is 2.70. The first-order valence-electron chi connectivity index (χ1n) is 7.50. The molecule has 2 rings (SSSR count). The minimum Gasteiger partial charge on any atom is -0.508 e. The van der Waals surface area contributed by atoms with E-state index in [-0.39, 0.29) is 12.2 Å². The fourth-order valence-corrected chi connectivity index (χ4v) is 2.14. The number of carbonyl (C=O) groups excluding carboxylic acids is 1. The van der Waals surface area contributed by atoms with Crippen molar-refractivity contribution in [1.82, 2.24) is 5.32 Å². The van der Waals surface area contributed by atoms with Crippen molar-refractivity contribution in [1.29, 1.82) is 0 Å². The van der Waals surface area contributed by atoms with Crippen molar-refractivity contribution in [3.63, 3.8) is 0 Å². The summed E-state index contributed by atoms with van der Waals surface area (Å²) < 4.78 is 0. The molecule has 0 fully saturated rings. The van der Waals surface area contributed by atoms with Crippen LogP contribution in [-0.2, 0) is 16.0 Å². The zero-order valence-electron chi connectivity index (χ0n) is 13.3. The number of carboxylic acids is 1. The topological polar surface area (TPSA) is 86.6 Å². The van der Waals surface area contributed by atoms with Gasteiger partial charge in [0.2, 0.25) is 5.91 Å². The lowest BCUT2D eigenvalue weighted by molar-refractivity contribution is -0.141. The predicted octanol–water partition coefficient (Wildman–Crippen LogP) is 2.53. The average Bonchev–Trinajstić information content (AvgIpc) is 2.55. The third kappa shape index (κ3) is 5.28. The molecule has 3 N–H and O–H groups in total. The first-order chi connectivity index (χ1) is 11.4. The number of benzene rings is 2. The maximum atomic E-state index is 11.9. The SMILES string of the molecule is Cc1ccc(C=CC(=O)NC(Cc2ccc(O)cc2)C(=O)O)cc1. The Bertz CT molecular complexity index is 733. The second-order valence-electron chi connectivity index (χ2n) is 5.51. The van der Waals surface area contributed by atoms with Crippen LogP contribution in [0, 0.1) is 6.92 Å². The Morgan fingerprint density at radius 3 is 2.29 bits per heavy atom. The van der Waals surface area contributed by atoms with Gasteiger partial charge in [0.05, 0.1) is 0 Å². The van der Waals surface area contributed by atoms with Crippen LogP contribution in [-0.4, -0.2) is 28.1 Å². The molecular formula is C19H19NO4. The van der Waals surface area contributed by atoms with Crippen molar-refractivity contribution < 1.29 is 19.8 Å². The fourth-order valence-electron chi connectivity index (χ4n) is 2.14. The standard InChI is InChI=1S/C19H19NO4/c1-13-2-4-14(5-3-13)8-11-18(22)20-17(19(23)24)12-15-6-9-16(21)10-7-15/h2-11,17,21H,12H2,1H3,(H,20,22)(H,23,24). The molecule has 0 aliphatic heterocycles. The van der Waals surface area contributed by atoms with E-state index >= 15 is 0 Å². The third-order valence-corrected chi connectivity index (χ3v) is 3.50. The van der Waals surface area contributed by atoms with Crippen LogP contribution in [0.1, 0.15) is 16.7 Å². The summed E-state index contributed by atoms with van der Waals surface area (Å²) in [6.45, 7) is 1.97. The number of aliphatic carboxylic acids is 1. The van der Waals surface area contributed by atoms with Crippen molar-refractivity contribution in [2.45, 2.75) is 19.4 Å². The highest BCUT2D eigenvalue weighted by Gasteiger charge is 2.19. The summed E-state index contributed by atoms with van der Waals surface area (Å²) in [4.78, 5) is 23.3. The highest BCUT2D eigenvalue weighted by Crippen LogP contribution is 2.11. The maximum Gasteiger partial charge on any atom is 0.326 e. The van der Waals surface area contributed by atoms with Crippen molar-refractivity contribution >= 4 is 18.0 Å². The number of hydrogen-bond donors (Lipinski definition) is 3. The van der Waals surface area contributed by atoms with Gasteiger partial charge in [-0.1, -0.05) is 42.0 Å². The molecule has 2 aromatic carbocycles. The van der Waals surface area contributed by atoms with Crippen LogP contribution < -0.4 is 5.32 Å². The van der Waals surface area contributed by atoms with E-state index in [0.29, 0.717) is 5.56 Å². The molecule has 5 heteroatoms. The summed E-state index contributed by atoms with van der Waals surface area (Å²) in [6.07, 6.45) is 3.09. The maximum absolute atomic E-state index is 11.9. The molecule has 24 heavy (non-hydrogen) atoms. The Morgan fingerprint density at radius 2 is 1.71 bits per heavy atom. The van der Waals surface area contributed by atoms with Gasteiger partial charge >= 0.3 is 5.97 Å². The number of hydrogen-bond acceptors (Lipinski definition) is 3. The van der Waals surface area contributed by atoms with Gasteiger partial charge < -0.3 is 15.5 Å². The minimum absolute atomic E-state index is 0.107. The van der Waals surface area contributed by atoms with Gasteiger partial charge in [0.25, 0.3) is 0 Å². The molecule has 1 unspecified atom stereocenters. The van der Waals surface area contributed by atoms with Gasteiger partial charge in [0.1, 0.15) is 11.8 Å². The highest BCUT2D eigenvalue weighted by atomic mass is 16.4. The van der Waals surface area contributed by atoms with E-state index in [9.17, 15) is 19.8 Å². The molecule has 0 saturated carbocycles. The van der Waals surface area contributed by atoms with Crippen LogP contribution in [0.3, 0.4) is 0 Å². The summed E-state index contributed by atoms with van der Waals surface area (Å²) >= 11 is 0. The summed E-state index contributed by atoms with van der Waals surface area (Å²) in [5, 5.41) is 21.0. The molecule has 0 aliphatic rings. The molecule has 1 amide bonds. The molecular weight excluding hydrogens is 306 g/mol. The molecule has 1 atom stereocenters. The van der Waals surface area contributed by atoms with Gasteiger partial charge in [-0.2, -0.15) is 0 Å². The minimum atomic E-state index is -1.11. The zero-order valence-corrected chi connectivity index (χ0v) is 13.3. The first kappa shape index (κ1) is 17.3. The lowest BCUT2D eigenvalue weighted by atomic mass is 10.1. The van der Waals surface area contributed by atoms with Gasteiger partial charge in [-0.15, -0.1) is 0 Å². The summed E-state index contributed by atoms with van der Waals surface area (Å²) in [7, 11) is 0. The molecule has 2 aromatic rings. The van der Waals surface area contributed by atoms with Gasteiger partial charge in [0.15, 0.2) is 0 Å². The number of aromatic hydroxyl groups is 1. The monoisotopic (exact) mass is 325 g/mol. The summed E-state index contributed by atoms with van der Waals surface area (Å²) in [5.74, 6) is -1.47. The molecule has 5 nitrogen and oxygen atoms in total. The van der Waals surface area contributed by atoms with E-state index < -0.39 is 17.9 Å². The Morgan fingerprint density at radius 1 is 1.08 bits per heavy atom. The predicted molar refractivity (Wildman–Crippen MR) is 91.6 cm³/mol. The smallest absolute Gasteiger partial charge is 0.326 e. The molecule has 0 bridgehead atoms. The molecule has 0 saturated heterocycles. The first-order valence-corrected chi connectivity index (χ1v) is 7.50. The molecule has 0 spiro atoms. The number of phenols is 1. The van der Waals surface area contributed by atoms with E-state index in [1.54, 1.807) is 18.2 Å². The number of nitrogens with one attached hydrogen (secondary N) is 1. The van der Waals surface area contributed by atoms with Crippen molar-refractivity contribution in [3.8, 4) is 5.75 Å². The van der Waals surface area contributed by atoms with E-state index in [1.807, 2.05) is 31.2 Å². The number of aryl methyl sites for hydroxylation is 1. The van der Waals surface area contributed by atoms with Gasteiger partial charge in [-0.05, 0) is 36.3 Å². The van der Waals surface area contributed by atoms with Crippen LogP contribution in [0.25, 0.3) is 6.08 Å². The van der Waals surface area contributed by atoms with E-state index in [4.69, 9.17) is 0 Å². The second-order valence-corrected chi connectivity index (χ2v) is 5.51. The van der Waals surface area contributed by atoms with Crippen molar-refractivity contribution in [3.05, 3.63) is 71.3 Å². The number of amides is 1. The number of carbonyl (C=O) groups is 2. The van der Waals surface area contributed by atoms with Gasteiger partial charge in [0, 0.05) is 12.5 Å². The van der Waals surface area contributed by atoms with Crippen LogP contribution in [0.2, 0.25) is 0 Å². The lowest BCUT2D eigenvalue weighted by Gasteiger charge is -2.13. The van der Waals surface area contributed by atoms with Crippen molar-refractivity contribution in [2.75, 3.05) is 0 Å². The van der Waals surface area contributed by atoms with Gasteiger partial charge in [-0.3, -0.25) is 4.79 Å². The molecule has 0 aliphatic carbocycles. The number of carboxylic acid groups (broad SMARTS) is 1. The van der Waals surface area contributed by atoms with Crippen LogP contribution in [0.5, 0.6) is 5.75 Å². The van der Waals surface area contributed by atoms with E-state index in [0.717, 1.165) is 11.1 Å². The van der Waals surface area contributed by atoms with E-state index in [2.05, 4.69) is 5.32 Å². The number of rotatable bonds is 6. The van der Waals surface area contributed by atoms with Crippen LogP contribution >= 0.6 is 0 Å². The molecule has 0 aromatic heterocycles. The van der Waals surface area contributed by atoms with E-state index in [1.165, 1.54) is 18.2 Å². The Balaban J connectivity index is 1.99. The van der Waals surface area contributed by atoms with Crippen LogP contribution in [0.4, 0.5) is 0 Å². The number of phenolic OH excluding ortho intramolecular Hbond substituents is 1. The Kier molecular flexibility index (Phi) is 5.73. The quantitative estimate of drug-likeness (QED) is 0.712. The normalized spacial score (nSPS) is 12.0. The molecule has 0 heterocycles. The van der Waals surface area contributed by atoms with Gasteiger partial charge in [-0.25, -0.2) is 4.79 Å². The summed E-state index contributed by atoms with van der Waals surface area (Å²) in [6, 6.07) is 12.8. The van der Waals surface area contributed by atoms with Crippen LogP contribution in [0.15, 0.2) is 54.6 Å². The fraction of sp³-hybridized carbons (Fsp3) is 0.158. The molecule has 124 valence electrons. The zero-order chi connectivity index (χ0) is 17.5. The Hall–Kier alpha value is -3.08.